The van der Waals surface area contributed by atoms with E-state index in [4.69, 9.17) is 0 Å². The normalized spacial score (nSPS) is 11.0. The van der Waals surface area contributed by atoms with Gasteiger partial charge in [0.05, 0.1) is 0 Å². The van der Waals surface area contributed by atoms with E-state index in [1.165, 1.54) is 0 Å². The molecule has 5 nitrogen and oxygen atoms in total. The summed E-state index contributed by atoms with van der Waals surface area (Å²) in [4.78, 5) is 16.1. The maximum Gasteiger partial charge on any atom is 0.222 e. The molecule has 0 heterocycles. The van der Waals surface area contributed by atoms with Crippen LogP contribution >= 0.6 is 0 Å². The summed E-state index contributed by atoms with van der Waals surface area (Å²) >= 11 is 0. The van der Waals surface area contributed by atoms with Gasteiger partial charge in [0, 0.05) is 32.6 Å². The summed E-state index contributed by atoms with van der Waals surface area (Å²) in [6, 6.07) is 9.90. The van der Waals surface area contributed by atoms with Crippen LogP contribution in [0.15, 0.2) is 35.3 Å². The van der Waals surface area contributed by atoms with Crippen LogP contribution in [0, 0.1) is 0 Å². The lowest BCUT2D eigenvalue weighted by molar-refractivity contribution is -0.121. The lowest BCUT2D eigenvalue weighted by Crippen LogP contribution is -2.39. The first-order valence-corrected chi connectivity index (χ1v) is 7.59. The summed E-state index contributed by atoms with van der Waals surface area (Å²) in [6.07, 6.45) is 1.44. The molecule has 1 rings (SSSR count). The van der Waals surface area contributed by atoms with Gasteiger partial charge in [0.15, 0.2) is 5.96 Å². The van der Waals surface area contributed by atoms with Crippen molar-refractivity contribution in [3.8, 4) is 0 Å². The van der Waals surface area contributed by atoms with Gasteiger partial charge in [-0.25, -0.2) is 0 Å². The van der Waals surface area contributed by atoms with Crippen LogP contribution in [0.25, 0.3) is 0 Å². The molecule has 3 N–H and O–H groups in total. The number of nitrogens with one attached hydrogen (secondary N) is 3. The predicted molar refractivity (Wildman–Crippen MR) is 87.2 cm³/mol. The first-order valence-electron chi connectivity index (χ1n) is 7.59. The van der Waals surface area contributed by atoms with Crippen molar-refractivity contribution in [2.45, 2.75) is 33.2 Å². The fourth-order valence-electron chi connectivity index (χ4n) is 1.74. The van der Waals surface area contributed by atoms with Crippen molar-refractivity contribution in [2.24, 2.45) is 4.99 Å². The molecule has 0 bridgehead atoms. The molecule has 1 amide bonds. The number of hydrogen-bond acceptors (Lipinski definition) is 2. The van der Waals surface area contributed by atoms with Gasteiger partial charge in [-0.2, -0.15) is 0 Å². The third-order valence-electron chi connectivity index (χ3n) is 2.81. The lowest BCUT2D eigenvalue weighted by Gasteiger charge is -2.11. The van der Waals surface area contributed by atoms with Gasteiger partial charge in [-0.15, -0.1) is 0 Å². The Morgan fingerprint density at radius 3 is 2.52 bits per heavy atom. The Morgan fingerprint density at radius 2 is 1.86 bits per heavy atom. The van der Waals surface area contributed by atoms with E-state index in [1.807, 2.05) is 37.3 Å². The van der Waals surface area contributed by atoms with E-state index in [1.54, 1.807) is 0 Å². The number of guanidine groups is 1. The van der Waals surface area contributed by atoms with E-state index in [9.17, 15) is 4.79 Å². The Balaban J connectivity index is 2.22. The van der Waals surface area contributed by atoms with Crippen molar-refractivity contribution >= 4 is 11.9 Å². The van der Waals surface area contributed by atoms with E-state index in [0.717, 1.165) is 31.0 Å². The van der Waals surface area contributed by atoms with Crippen LogP contribution in [-0.2, 0) is 11.3 Å². The molecule has 21 heavy (non-hydrogen) atoms. The number of nitrogens with zero attached hydrogens (tertiary/aromatic N) is 1. The van der Waals surface area contributed by atoms with Crippen LogP contribution in [0.4, 0.5) is 0 Å². The van der Waals surface area contributed by atoms with Gasteiger partial charge in [0.2, 0.25) is 5.91 Å². The summed E-state index contributed by atoms with van der Waals surface area (Å²) in [7, 11) is 0. The van der Waals surface area contributed by atoms with E-state index in [0.29, 0.717) is 19.5 Å². The Hall–Kier alpha value is -2.04. The number of hydrogen-bond donors (Lipinski definition) is 3. The monoisotopic (exact) mass is 290 g/mol. The molecule has 116 valence electrons. The molecule has 0 saturated heterocycles. The second kappa shape index (κ2) is 10.7. The van der Waals surface area contributed by atoms with Crippen molar-refractivity contribution in [1.82, 2.24) is 16.0 Å². The Labute approximate surface area is 127 Å². The molecule has 0 aliphatic carbocycles. The Bertz CT molecular complexity index is 431. The molecule has 0 aromatic heterocycles. The van der Waals surface area contributed by atoms with Crippen molar-refractivity contribution in [1.29, 1.82) is 0 Å². The van der Waals surface area contributed by atoms with E-state index >= 15 is 0 Å². The van der Waals surface area contributed by atoms with Crippen LogP contribution in [0.1, 0.15) is 32.3 Å². The van der Waals surface area contributed by atoms with Crippen LogP contribution in [0.2, 0.25) is 0 Å². The molecule has 0 unspecified atom stereocenters. The van der Waals surface area contributed by atoms with Crippen LogP contribution in [-0.4, -0.2) is 31.5 Å². The molecule has 0 aliphatic rings. The molecule has 0 spiro atoms. The number of benzene rings is 1. The first kappa shape index (κ1) is 17.0. The number of aliphatic imine (C=N–C) groups is 1. The van der Waals surface area contributed by atoms with Crippen molar-refractivity contribution in [3.05, 3.63) is 35.9 Å². The minimum atomic E-state index is 0.0395. The molecule has 1 aromatic rings. The highest BCUT2D eigenvalue weighted by molar-refractivity contribution is 5.81. The molecule has 1 aromatic carbocycles. The largest absolute Gasteiger partial charge is 0.357 e. The van der Waals surface area contributed by atoms with Crippen LogP contribution in [0.5, 0.6) is 0 Å². The molecule has 0 fully saturated rings. The topological polar surface area (TPSA) is 65.5 Å². The van der Waals surface area contributed by atoms with E-state index < -0.39 is 0 Å². The number of rotatable bonds is 8. The highest BCUT2D eigenvalue weighted by Gasteiger charge is 2.02. The third-order valence-corrected chi connectivity index (χ3v) is 2.81. The van der Waals surface area contributed by atoms with Gasteiger partial charge in [0.1, 0.15) is 0 Å². The minimum Gasteiger partial charge on any atom is -0.357 e. The molecule has 5 heteroatoms. The summed E-state index contributed by atoms with van der Waals surface area (Å²) in [6.45, 7) is 6.87. The van der Waals surface area contributed by atoms with Gasteiger partial charge in [-0.3, -0.25) is 9.79 Å². The zero-order valence-electron chi connectivity index (χ0n) is 13.0. The van der Waals surface area contributed by atoms with Gasteiger partial charge in [-0.1, -0.05) is 37.3 Å². The molecule has 0 saturated carbocycles. The van der Waals surface area contributed by atoms with Gasteiger partial charge in [-0.05, 0) is 18.9 Å². The average molecular weight is 290 g/mol. The van der Waals surface area contributed by atoms with E-state index in [2.05, 4.69) is 27.9 Å². The summed E-state index contributed by atoms with van der Waals surface area (Å²) < 4.78 is 0. The zero-order chi connectivity index (χ0) is 15.3. The molecular weight excluding hydrogens is 264 g/mol. The zero-order valence-corrected chi connectivity index (χ0v) is 13.0. The fraction of sp³-hybridized carbons (Fsp3) is 0.500. The Kier molecular flexibility index (Phi) is 8.68. The maximum absolute atomic E-state index is 11.8. The third kappa shape index (κ3) is 7.97. The number of carbonyl (C=O) groups excluding carboxylic acids is 1. The highest BCUT2D eigenvalue weighted by Crippen LogP contribution is 1.97. The number of carbonyl (C=O) groups is 1. The Morgan fingerprint density at radius 1 is 1.10 bits per heavy atom. The highest BCUT2D eigenvalue weighted by atomic mass is 16.1. The average Bonchev–Trinajstić information content (AvgIpc) is 2.51. The van der Waals surface area contributed by atoms with Gasteiger partial charge < -0.3 is 16.0 Å². The van der Waals surface area contributed by atoms with Crippen LogP contribution in [0.3, 0.4) is 0 Å². The summed E-state index contributed by atoms with van der Waals surface area (Å²) in [5, 5.41) is 9.23. The quantitative estimate of drug-likeness (QED) is 0.504. The summed E-state index contributed by atoms with van der Waals surface area (Å²) in [5.41, 5.74) is 1.11. The first-order chi connectivity index (χ1) is 10.3. The van der Waals surface area contributed by atoms with Crippen molar-refractivity contribution < 1.29 is 4.79 Å². The fourth-order valence-corrected chi connectivity index (χ4v) is 1.74. The van der Waals surface area contributed by atoms with Gasteiger partial charge in [0.25, 0.3) is 0 Å². The molecule has 0 radical (unpaired) electrons. The molecular formula is C16H26N4O. The minimum absolute atomic E-state index is 0.0395. The molecule has 0 aliphatic heterocycles. The second-order valence-corrected chi connectivity index (χ2v) is 4.70. The van der Waals surface area contributed by atoms with E-state index in [-0.39, 0.29) is 5.91 Å². The van der Waals surface area contributed by atoms with Gasteiger partial charge >= 0.3 is 0 Å². The maximum atomic E-state index is 11.8. The molecule has 0 atom stereocenters. The van der Waals surface area contributed by atoms with Crippen molar-refractivity contribution in [3.63, 3.8) is 0 Å². The summed E-state index contributed by atoms with van der Waals surface area (Å²) in [5.74, 6) is 0.813. The predicted octanol–water partition coefficient (Wildman–Crippen LogP) is 1.66. The standard InChI is InChI=1S/C16H26N4O/c1-3-11-18-16(17-4-2)19-12-10-15(21)20-13-14-8-6-5-7-9-14/h5-9H,3-4,10-13H2,1-2H3,(H,20,21)(H2,17,18,19). The van der Waals surface area contributed by atoms with Crippen molar-refractivity contribution in [2.75, 3.05) is 19.6 Å². The second-order valence-electron chi connectivity index (χ2n) is 4.70. The van der Waals surface area contributed by atoms with Crippen LogP contribution < -0.4 is 16.0 Å². The smallest absolute Gasteiger partial charge is 0.222 e. The lowest BCUT2D eigenvalue weighted by atomic mass is 10.2. The SMILES string of the molecule is CCCN=C(NCC)NCCC(=O)NCc1ccccc1. The number of amides is 1.